The van der Waals surface area contributed by atoms with Crippen LogP contribution in [0.2, 0.25) is 0 Å². The number of aryl methyl sites for hydroxylation is 1. The maximum atomic E-state index is 14.0. The summed E-state index contributed by atoms with van der Waals surface area (Å²) in [6, 6.07) is 25.0. The number of nitrogens with one attached hydrogen (secondary N) is 1. The van der Waals surface area contributed by atoms with Crippen LogP contribution < -0.4 is 10.1 Å². The van der Waals surface area contributed by atoms with Gasteiger partial charge in [0.05, 0.1) is 13.2 Å². The number of ether oxygens (including phenoxy) is 1. The van der Waals surface area contributed by atoms with E-state index in [1.165, 1.54) is 13.2 Å². The zero-order valence-corrected chi connectivity index (χ0v) is 17.7. The van der Waals surface area contributed by atoms with Gasteiger partial charge in [0.2, 0.25) is 5.91 Å². The zero-order chi connectivity index (χ0) is 22.5. The molecule has 0 aliphatic carbocycles. The number of carbonyl (C=O) groups excluding carboxylic acids is 1. The van der Waals surface area contributed by atoms with E-state index in [-0.39, 0.29) is 23.8 Å². The highest BCUT2D eigenvalue weighted by Gasteiger charge is 2.22. The average molecular weight is 429 g/mol. The molecule has 0 aromatic heterocycles. The summed E-state index contributed by atoms with van der Waals surface area (Å²) < 4.78 is 18.9. The molecule has 4 aromatic rings. The first-order valence-corrected chi connectivity index (χ1v) is 10.4. The van der Waals surface area contributed by atoms with Crippen LogP contribution in [0.1, 0.15) is 29.2 Å². The van der Waals surface area contributed by atoms with Crippen molar-refractivity contribution in [2.24, 2.45) is 0 Å². The Kier molecular flexibility index (Phi) is 6.36. The van der Waals surface area contributed by atoms with Crippen LogP contribution in [-0.4, -0.2) is 18.1 Å². The normalized spacial score (nSPS) is 11.8. The third kappa shape index (κ3) is 4.57. The summed E-state index contributed by atoms with van der Waals surface area (Å²) >= 11 is 0. The molecule has 0 aliphatic heterocycles. The molecule has 4 nitrogen and oxygen atoms in total. The van der Waals surface area contributed by atoms with Gasteiger partial charge in [0, 0.05) is 12.0 Å². The van der Waals surface area contributed by atoms with Crippen molar-refractivity contribution in [1.29, 1.82) is 0 Å². The van der Waals surface area contributed by atoms with E-state index < -0.39 is 11.9 Å². The van der Waals surface area contributed by atoms with Crippen molar-refractivity contribution in [2.75, 3.05) is 7.11 Å². The predicted octanol–water partition coefficient (Wildman–Crippen LogP) is 5.53. The van der Waals surface area contributed by atoms with Gasteiger partial charge in [-0.15, -0.1) is 0 Å². The number of methoxy groups -OCH3 is 1. The Morgan fingerprint density at radius 2 is 1.75 bits per heavy atom. The first kappa shape index (κ1) is 21.4. The summed E-state index contributed by atoms with van der Waals surface area (Å²) in [6.07, 6.45) is 0.566. The van der Waals surface area contributed by atoms with Gasteiger partial charge in [-0.05, 0) is 46.5 Å². The Balaban J connectivity index is 1.61. The number of phenolic OH excluding ortho intramolecular Hbond substituents is 1. The molecule has 2 N–H and O–H groups in total. The van der Waals surface area contributed by atoms with Crippen LogP contribution >= 0.6 is 0 Å². The largest absolute Gasteiger partial charge is 0.508 e. The van der Waals surface area contributed by atoms with Gasteiger partial charge >= 0.3 is 0 Å². The molecule has 1 atom stereocenters. The highest BCUT2D eigenvalue weighted by Crippen LogP contribution is 2.35. The van der Waals surface area contributed by atoms with E-state index in [0.717, 1.165) is 16.3 Å². The fraction of sp³-hybridized carbons (Fsp3) is 0.148. The number of benzene rings is 4. The monoisotopic (exact) mass is 429 g/mol. The Morgan fingerprint density at radius 1 is 1.00 bits per heavy atom. The molecule has 0 fully saturated rings. The number of fused-ring (bicyclic) bond motifs is 1. The summed E-state index contributed by atoms with van der Waals surface area (Å²) in [7, 11) is 1.41. The first-order chi connectivity index (χ1) is 15.6. The maximum absolute atomic E-state index is 14.0. The van der Waals surface area contributed by atoms with Gasteiger partial charge in [-0.2, -0.15) is 0 Å². The van der Waals surface area contributed by atoms with E-state index >= 15 is 0 Å². The molecule has 0 heterocycles. The van der Waals surface area contributed by atoms with Crippen molar-refractivity contribution in [3.63, 3.8) is 0 Å². The van der Waals surface area contributed by atoms with E-state index in [9.17, 15) is 14.3 Å². The Labute approximate surface area is 186 Å². The predicted molar refractivity (Wildman–Crippen MR) is 123 cm³/mol. The standard InChI is InChI=1S/C27H24FNO3/c1-32-24-15-11-18(17-22(24)28)12-16-25(31)29-27(20-8-3-2-4-9-20)26-21-10-6-5-7-19(21)13-14-23(26)30/h2-11,13-15,17,27,30H,12,16H2,1H3,(H,29,31). The number of hydrogen-bond acceptors (Lipinski definition) is 3. The van der Waals surface area contributed by atoms with Crippen molar-refractivity contribution >= 4 is 16.7 Å². The van der Waals surface area contributed by atoms with Crippen molar-refractivity contribution in [1.82, 2.24) is 5.32 Å². The number of carbonyl (C=O) groups is 1. The Bertz CT molecular complexity index is 1240. The van der Waals surface area contributed by atoms with Crippen molar-refractivity contribution in [2.45, 2.75) is 18.9 Å². The van der Waals surface area contributed by atoms with Crippen LogP contribution in [0.4, 0.5) is 4.39 Å². The summed E-state index contributed by atoms with van der Waals surface area (Å²) in [4.78, 5) is 12.9. The van der Waals surface area contributed by atoms with Crippen LogP contribution in [0.3, 0.4) is 0 Å². The quantitative estimate of drug-likeness (QED) is 0.406. The molecular weight excluding hydrogens is 405 g/mol. The van der Waals surface area contributed by atoms with Crippen molar-refractivity contribution in [3.05, 3.63) is 107 Å². The van der Waals surface area contributed by atoms with Gasteiger partial charge in [-0.1, -0.05) is 66.7 Å². The molecule has 0 spiro atoms. The second kappa shape index (κ2) is 9.52. The van der Waals surface area contributed by atoms with Gasteiger partial charge in [0.1, 0.15) is 5.75 Å². The molecule has 4 aromatic carbocycles. The lowest BCUT2D eigenvalue weighted by molar-refractivity contribution is -0.121. The van der Waals surface area contributed by atoms with Gasteiger partial charge in [-0.25, -0.2) is 4.39 Å². The SMILES string of the molecule is COc1ccc(CCC(=O)NC(c2ccccc2)c2c(O)ccc3ccccc23)cc1F. The number of phenols is 1. The topological polar surface area (TPSA) is 58.6 Å². The van der Waals surface area contributed by atoms with E-state index in [1.807, 2.05) is 60.7 Å². The van der Waals surface area contributed by atoms with Gasteiger partial charge in [-0.3, -0.25) is 4.79 Å². The van der Waals surface area contributed by atoms with E-state index in [1.54, 1.807) is 18.2 Å². The summed E-state index contributed by atoms with van der Waals surface area (Å²) in [5, 5.41) is 15.7. The maximum Gasteiger partial charge on any atom is 0.221 e. The van der Waals surface area contributed by atoms with Crippen LogP contribution in [0.25, 0.3) is 10.8 Å². The minimum absolute atomic E-state index is 0.120. The Hall–Kier alpha value is -3.86. The molecular formula is C27H24FNO3. The molecule has 5 heteroatoms. The van der Waals surface area contributed by atoms with Crippen LogP contribution in [0.5, 0.6) is 11.5 Å². The van der Waals surface area contributed by atoms with Crippen molar-refractivity contribution < 1.29 is 19.0 Å². The number of halogens is 1. The van der Waals surface area contributed by atoms with Crippen LogP contribution in [0, 0.1) is 5.82 Å². The van der Waals surface area contributed by atoms with Crippen molar-refractivity contribution in [3.8, 4) is 11.5 Å². The number of amides is 1. The lowest BCUT2D eigenvalue weighted by atomic mass is 9.92. The summed E-state index contributed by atoms with van der Waals surface area (Å²) in [6.45, 7) is 0. The van der Waals surface area contributed by atoms with E-state index in [2.05, 4.69) is 5.32 Å². The summed E-state index contributed by atoms with van der Waals surface area (Å²) in [5.74, 6) is -0.348. The van der Waals surface area contributed by atoms with Gasteiger partial charge < -0.3 is 15.2 Å². The molecule has 0 aliphatic rings. The fourth-order valence-electron chi connectivity index (χ4n) is 3.91. The smallest absolute Gasteiger partial charge is 0.221 e. The van der Waals surface area contributed by atoms with Crippen LogP contribution in [-0.2, 0) is 11.2 Å². The zero-order valence-electron chi connectivity index (χ0n) is 17.7. The van der Waals surface area contributed by atoms with E-state index in [0.29, 0.717) is 17.5 Å². The minimum Gasteiger partial charge on any atom is -0.508 e. The lowest BCUT2D eigenvalue weighted by Crippen LogP contribution is -2.29. The molecule has 0 saturated heterocycles. The number of rotatable bonds is 7. The molecule has 4 rings (SSSR count). The van der Waals surface area contributed by atoms with E-state index in [4.69, 9.17) is 4.74 Å². The Morgan fingerprint density at radius 3 is 2.50 bits per heavy atom. The second-order valence-corrected chi connectivity index (χ2v) is 7.60. The summed E-state index contributed by atoms with van der Waals surface area (Å²) in [5.41, 5.74) is 2.23. The molecule has 1 amide bonds. The highest BCUT2D eigenvalue weighted by molar-refractivity contribution is 5.89. The molecule has 0 saturated carbocycles. The lowest BCUT2D eigenvalue weighted by Gasteiger charge is -2.22. The highest BCUT2D eigenvalue weighted by atomic mass is 19.1. The first-order valence-electron chi connectivity index (χ1n) is 10.4. The third-order valence-electron chi connectivity index (χ3n) is 5.53. The van der Waals surface area contributed by atoms with Gasteiger partial charge in [0.15, 0.2) is 11.6 Å². The number of aromatic hydroxyl groups is 1. The minimum atomic E-state index is -0.526. The molecule has 162 valence electrons. The molecule has 0 bridgehead atoms. The molecule has 32 heavy (non-hydrogen) atoms. The third-order valence-corrected chi connectivity index (χ3v) is 5.53. The molecule has 0 radical (unpaired) electrons. The average Bonchev–Trinajstić information content (AvgIpc) is 2.82. The molecule has 1 unspecified atom stereocenters. The van der Waals surface area contributed by atoms with Crippen LogP contribution in [0.15, 0.2) is 84.9 Å². The fourth-order valence-corrected chi connectivity index (χ4v) is 3.91. The van der Waals surface area contributed by atoms with Gasteiger partial charge in [0.25, 0.3) is 0 Å². The number of hydrogen-bond donors (Lipinski definition) is 2. The second-order valence-electron chi connectivity index (χ2n) is 7.60.